The van der Waals surface area contributed by atoms with Crippen LogP contribution in [0, 0.1) is 5.82 Å². The minimum atomic E-state index is -0.237. The molecule has 136 valence electrons. The van der Waals surface area contributed by atoms with Crippen molar-refractivity contribution in [2.75, 3.05) is 37.6 Å². The molecular weight excluding hydrogens is 323 g/mol. The number of hydrogen-bond donors (Lipinski definition) is 1. The zero-order chi connectivity index (χ0) is 18.0. The van der Waals surface area contributed by atoms with Crippen LogP contribution in [0.1, 0.15) is 20.3 Å². The summed E-state index contributed by atoms with van der Waals surface area (Å²) in [4.78, 5) is 29.9. The van der Waals surface area contributed by atoms with Gasteiger partial charge in [-0.2, -0.15) is 0 Å². The van der Waals surface area contributed by atoms with Crippen LogP contribution in [-0.2, 0) is 4.79 Å². The predicted molar refractivity (Wildman–Crippen MR) is 94.0 cm³/mol. The third-order valence-corrected chi connectivity index (χ3v) is 4.87. The molecule has 1 atom stereocenters. The molecule has 0 spiro atoms. The van der Waals surface area contributed by atoms with Gasteiger partial charge in [0.2, 0.25) is 5.91 Å². The number of hydrogen-bond acceptors (Lipinski definition) is 3. The summed E-state index contributed by atoms with van der Waals surface area (Å²) in [5.74, 6) is -0.150. The molecule has 25 heavy (non-hydrogen) atoms. The number of halogens is 1. The van der Waals surface area contributed by atoms with Crippen molar-refractivity contribution in [1.82, 2.24) is 15.1 Å². The molecule has 6 nitrogen and oxygen atoms in total. The molecule has 0 aromatic heterocycles. The Morgan fingerprint density at radius 1 is 1.20 bits per heavy atom. The summed E-state index contributed by atoms with van der Waals surface area (Å²) in [5.41, 5.74) is 0.580. The van der Waals surface area contributed by atoms with E-state index in [1.54, 1.807) is 21.9 Å². The highest BCUT2D eigenvalue weighted by molar-refractivity contribution is 5.82. The summed E-state index contributed by atoms with van der Waals surface area (Å²) < 4.78 is 13.9. The van der Waals surface area contributed by atoms with E-state index in [1.165, 1.54) is 6.07 Å². The maximum Gasteiger partial charge on any atom is 0.317 e. The number of anilines is 1. The van der Waals surface area contributed by atoms with Gasteiger partial charge >= 0.3 is 6.03 Å². The Kier molecular flexibility index (Phi) is 5.11. The van der Waals surface area contributed by atoms with E-state index in [0.29, 0.717) is 44.8 Å². The van der Waals surface area contributed by atoms with Crippen LogP contribution in [0.3, 0.4) is 0 Å². The molecule has 2 saturated heterocycles. The summed E-state index contributed by atoms with van der Waals surface area (Å²) >= 11 is 0. The van der Waals surface area contributed by atoms with Gasteiger partial charge in [0.15, 0.2) is 0 Å². The van der Waals surface area contributed by atoms with Gasteiger partial charge in [0.1, 0.15) is 5.82 Å². The number of likely N-dealkylation sites (tertiary alicyclic amines) is 1. The van der Waals surface area contributed by atoms with Gasteiger partial charge in [-0.1, -0.05) is 12.1 Å². The van der Waals surface area contributed by atoms with E-state index in [0.717, 1.165) is 0 Å². The molecule has 2 fully saturated rings. The molecule has 2 aliphatic rings. The van der Waals surface area contributed by atoms with Gasteiger partial charge in [-0.3, -0.25) is 4.79 Å². The summed E-state index contributed by atoms with van der Waals surface area (Å²) in [7, 11) is 0. The van der Waals surface area contributed by atoms with Crippen LogP contribution < -0.4 is 10.2 Å². The Hall–Kier alpha value is -2.31. The van der Waals surface area contributed by atoms with E-state index in [9.17, 15) is 14.0 Å². The Morgan fingerprint density at radius 3 is 2.48 bits per heavy atom. The Morgan fingerprint density at radius 2 is 1.88 bits per heavy atom. The van der Waals surface area contributed by atoms with Crippen molar-refractivity contribution in [3.8, 4) is 0 Å². The van der Waals surface area contributed by atoms with Crippen molar-refractivity contribution in [3.63, 3.8) is 0 Å². The summed E-state index contributed by atoms with van der Waals surface area (Å²) in [6.45, 7) is 6.78. The van der Waals surface area contributed by atoms with Gasteiger partial charge in [0.05, 0.1) is 11.7 Å². The lowest BCUT2D eigenvalue weighted by Crippen LogP contribution is -2.54. The second-order valence-electron chi connectivity index (χ2n) is 6.92. The first-order valence-electron chi connectivity index (χ1n) is 8.80. The molecule has 0 bridgehead atoms. The molecule has 1 N–H and O–H groups in total. The molecule has 7 heteroatoms. The van der Waals surface area contributed by atoms with Crippen LogP contribution in [-0.4, -0.2) is 66.5 Å². The third kappa shape index (κ3) is 3.86. The van der Waals surface area contributed by atoms with Crippen LogP contribution in [0.4, 0.5) is 14.9 Å². The largest absolute Gasteiger partial charge is 0.366 e. The normalized spacial score (nSPS) is 21.2. The lowest BCUT2D eigenvalue weighted by Gasteiger charge is -2.36. The monoisotopic (exact) mass is 348 g/mol. The first-order chi connectivity index (χ1) is 12.0. The zero-order valence-corrected chi connectivity index (χ0v) is 14.7. The fraction of sp³-hybridized carbons (Fsp3) is 0.556. The second-order valence-corrected chi connectivity index (χ2v) is 6.92. The minimum Gasteiger partial charge on any atom is -0.366 e. The lowest BCUT2D eigenvalue weighted by molar-refractivity contribution is -0.129. The fourth-order valence-corrected chi connectivity index (χ4v) is 3.45. The van der Waals surface area contributed by atoms with Crippen molar-refractivity contribution < 1.29 is 14.0 Å². The molecule has 0 radical (unpaired) electrons. The molecule has 1 unspecified atom stereocenters. The molecule has 3 rings (SSSR count). The van der Waals surface area contributed by atoms with Crippen molar-refractivity contribution in [2.24, 2.45) is 0 Å². The highest BCUT2D eigenvalue weighted by Crippen LogP contribution is 2.20. The van der Waals surface area contributed by atoms with Gasteiger partial charge in [0, 0.05) is 45.2 Å². The lowest BCUT2D eigenvalue weighted by atomic mass is 10.2. The molecule has 1 aromatic rings. The number of rotatable bonds is 3. The average molecular weight is 348 g/mol. The molecule has 0 aliphatic carbocycles. The van der Waals surface area contributed by atoms with Crippen molar-refractivity contribution >= 4 is 17.6 Å². The maximum atomic E-state index is 13.9. The molecule has 2 heterocycles. The van der Waals surface area contributed by atoms with E-state index in [-0.39, 0.29) is 29.8 Å². The highest BCUT2D eigenvalue weighted by atomic mass is 19.1. The fourth-order valence-electron chi connectivity index (χ4n) is 3.45. The van der Waals surface area contributed by atoms with Crippen LogP contribution in [0.25, 0.3) is 0 Å². The predicted octanol–water partition coefficient (Wildman–Crippen LogP) is 1.67. The molecule has 0 saturated carbocycles. The Bertz CT molecular complexity index is 644. The van der Waals surface area contributed by atoms with Crippen molar-refractivity contribution in [2.45, 2.75) is 32.4 Å². The number of carbonyl (C=O) groups excluding carboxylic acids is 2. The Labute approximate surface area is 147 Å². The number of nitrogens with zero attached hydrogens (tertiary/aromatic N) is 3. The first kappa shape index (κ1) is 17.5. The van der Waals surface area contributed by atoms with Crippen LogP contribution in [0.15, 0.2) is 24.3 Å². The van der Waals surface area contributed by atoms with Crippen molar-refractivity contribution in [1.29, 1.82) is 0 Å². The smallest absolute Gasteiger partial charge is 0.317 e. The second kappa shape index (κ2) is 7.29. The number of urea groups is 1. The summed E-state index contributed by atoms with van der Waals surface area (Å²) in [6.07, 6.45) is 0.360. The topological polar surface area (TPSA) is 55.9 Å². The van der Waals surface area contributed by atoms with Gasteiger partial charge < -0.3 is 20.0 Å². The quantitative estimate of drug-likeness (QED) is 0.904. The third-order valence-electron chi connectivity index (χ3n) is 4.87. The molecule has 1 aromatic carbocycles. The van der Waals surface area contributed by atoms with E-state index in [1.807, 2.05) is 24.8 Å². The van der Waals surface area contributed by atoms with Gasteiger partial charge in [0.25, 0.3) is 0 Å². The number of piperazine rings is 1. The first-order valence-corrected chi connectivity index (χ1v) is 8.80. The number of amides is 3. The molecule has 3 amide bonds. The van der Waals surface area contributed by atoms with Crippen LogP contribution in [0.5, 0.6) is 0 Å². The van der Waals surface area contributed by atoms with Crippen molar-refractivity contribution in [3.05, 3.63) is 30.1 Å². The standard InChI is InChI=1S/C18H25FN4O2/c1-13(2)23-12-14(11-17(23)24)20-18(25)22-9-7-21(8-10-22)16-6-4-3-5-15(16)19/h3-6,13-14H,7-12H2,1-2H3,(H,20,25). The number of carbonyl (C=O) groups is 2. The maximum absolute atomic E-state index is 13.9. The molecule has 2 aliphatic heterocycles. The van der Waals surface area contributed by atoms with E-state index < -0.39 is 0 Å². The van der Waals surface area contributed by atoms with Gasteiger partial charge in [-0.25, -0.2) is 9.18 Å². The van der Waals surface area contributed by atoms with Crippen LogP contribution in [0.2, 0.25) is 0 Å². The number of para-hydroxylation sites is 1. The SMILES string of the molecule is CC(C)N1CC(NC(=O)N2CCN(c3ccccc3F)CC2)CC1=O. The Balaban J connectivity index is 1.51. The summed E-state index contributed by atoms with van der Waals surface area (Å²) in [5, 5.41) is 2.96. The van der Waals surface area contributed by atoms with E-state index >= 15 is 0 Å². The van der Waals surface area contributed by atoms with Crippen LogP contribution >= 0.6 is 0 Å². The van der Waals surface area contributed by atoms with Gasteiger partial charge in [-0.05, 0) is 26.0 Å². The summed E-state index contributed by atoms with van der Waals surface area (Å²) in [6, 6.07) is 6.57. The zero-order valence-electron chi connectivity index (χ0n) is 14.7. The average Bonchev–Trinajstić information content (AvgIpc) is 2.96. The van der Waals surface area contributed by atoms with E-state index in [2.05, 4.69) is 5.32 Å². The van der Waals surface area contributed by atoms with Gasteiger partial charge in [-0.15, -0.1) is 0 Å². The minimum absolute atomic E-state index is 0.0877. The number of nitrogens with one attached hydrogen (secondary N) is 1. The number of benzene rings is 1. The van der Waals surface area contributed by atoms with E-state index in [4.69, 9.17) is 0 Å². The highest BCUT2D eigenvalue weighted by Gasteiger charge is 2.33. The molecular formula is C18H25FN4O2.